The molecule has 0 amide bonds. The van der Waals surface area contributed by atoms with E-state index in [-0.39, 0.29) is 13.2 Å². The minimum atomic E-state index is -0.339. The molecular weight excluding hydrogens is 409 g/mol. The fourth-order valence-corrected chi connectivity index (χ4v) is 3.61. The van der Waals surface area contributed by atoms with Crippen molar-refractivity contribution in [1.29, 1.82) is 0 Å². The van der Waals surface area contributed by atoms with Crippen LogP contribution in [0.3, 0.4) is 0 Å². The lowest BCUT2D eigenvalue weighted by Gasteiger charge is -2.16. The number of aromatic nitrogens is 4. The normalized spacial score (nSPS) is 10.9. The quantitative estimate of drug-likeness (QED) is 0.497. The van der Waals surface area contributed by atoms with Crippen molar-refractivity contribution in [3.05, 3.63) is 52.7 Å². The highest BCUT2D eigenvalue weighted by Gasteiger charge is 2.12. The summed E-state index contributed by atoms with van der Waals surface area (Å²) in [6, 6.07) is 6.20. The number of halogens is 2. The molecule has 0 radical (unpaired) electrons. The molecule has 0 bridgehead atoms. The first-order valence-corrected chi connectivity index (χ1v) is 10.5. The molecule has 0 aliphatic heterocycles. The first kappa shape index (κ1) is 17.2. The van der Waals surface area contributed by atoms with Crippen LogP contribution < -0.4 is 10.6 Å². The summed E-state index contributed by atoms with van der Waals surface area (Å²) in [6.07, 6.45) is 6.76. The van der Waals surface area contributed by atoms with Gasteiger partial charge in [0.15, 0.2) is 0 Å². The lowest BCUT2D eigenvalue weighted by Crippen LogP contribution is -2.09. The standard InChI is InChI=1S/C16H14BrClN5P/c1-24(2)14-7-10(13-9-19-5-6-20-13)3-4-12(14)22-15-11(17)8-21-16(18)23-15/h3-9H,1-2H3,(H,21,22,23). The number of nitrogens with one attached hydrogen (secondary N) is 1. The Labute approximate surface area is 154 Å². The highest BCUT2D eigenvalue weighted by atomic mass is 79.9. The van der Waals surface area contributed by atoms with Crippen LogP contribution >= 0.6 is 35.5 Å². The molecule has 5 nitrogen and oxygen atoms in total. The van der Waals surface area contributed by atoms with Crippen LogP contribution in [0.5, 0.6) is 0 Å². The molecule has 0 saturated heterocycles. The van der Waals surface area contributed by atoms with Crippen LogP contribution in [0, 0.1) is 0 Å². The molecule has 0 aliphatic rings. The topological polar surface area (TPSA) is 63.6 Å². The van der Waals surface area contributed by atoms with Gasteiger partial charge >= 0.3 is 0 Å². The second-order valence-corrected chi connectivity index (χ2v) is 8.64. The summed E-state index contributed by atoms with van der Waals surface area (Å²) in [7, 11) is -0.339. The van der Waals surface area contributed by atoms with Crippen LogP contribution in [0.15, 0.2) is 47.5 Å². The Kier molecular flexibility index (Phi) is 5.39. The molecule has 2 heterocycles. The highest BCUT2D eigenvalue weighted by Crippen LogP contribution is 2.33. The molecule has 3 aromatic rings. The molecule has 0 aliphatic carbocycles. The fraction of sp³-hybridized carbons (Fsp3) is 0.125. The highest BCUT2D eigenvalue weighted by molar-refractivity contribution is 9.10. The fourth-order valence-electron chi connectivity index (χ4n) is 2.18. The zero-order valence-electron chi connectivity index (χ0n) is 13.0. The van der Waals surface area contributed by atoms with Gasteiger partial charge in [-0.3, -0.25) is 9.97 Å². The Hall–Kier alpha value is -1.62. The van der Waals surface area contributed by atoms with Gasteiger partial charge in [-0.05, 0) is 58.3 Å². The van der Waals surface area contributed by atoms with E-state index in [1.165, 1.54) is 5.30 Å². The first-order chi connectivity index (χ1) is 11.5. The van der Waals surface area contributed by atoms with E-state index < -0.39 is 0 Å². The Bertz CT molecular complexity index is 860. The SMILES string of the molecule is CP(C)c1cc(-c2cnccn2)ccc1Nc1nc(Cl)ncc1Br. The number of anilines is 2. The summed E-state index contributed by atoms with van der Waals surface area (Å²) >= 11 is 9.34. The second kappa shape index (κ2) is 7.51. The second-order valence-electron chi connectivity index (χ2n) is 5.18. The third-order valence-corrected chi connectivity index (χ3v) is 5.40. The Morgan fingerprint density at radius 1 is 1.12 bits per heavy atom. The molecule has 8 heteroatoms. The van der Waals surface area contributed by atoms with Crippen molar-refractivity contribution in [2.24, 2.45) is 0 Å². The smallest absolute Gasteiger partial charge is 0.224 e. The minimum absolute atomic E-state index is 0.202. The maximum atomic E-state index is 5.90. The van der Waals surface area contributed by atoms with E-state index >= 15 is 0 Å². The molecule has 0 fully saturated rings. The van der Waals surface area contributed by atoms with Gasteiger partial charge in [-0.2, -0.15) is 4.98 Å². The Balaban J connectivity index is 2.00. The summed E-state index contributed by atoms with van der Waals surface area (Å²) in [5.74, 6) is 0.639. The van der Waals surface area contributed by atoms with E-state index in [0.29, 0.717) is 5.82 Å². The van der Waals surface area contributed by atoms with Gasteiger partial charge in [-0.15, -0.1) is 0 Å². The van der Waals surface area contributed by atoms with Crippen molar-refractivity contribution in [1.82, 2.24) is 19.9 Å². The average molecular weight is 423 g/mol. The van der Waals surface area contributed by atoms with Gasteiger partial charge in [-0.25, -0.2) is 4.98 Å². The number of rotatable bonds is 4. The van der Waals surface area contributed by atoms with E-state index in [9.17, 15) is 0 Å². The molecule has 1 N–H and O–H groups in total. The van der Waals surface area contributed by atoms with Gasteiger partial charge in [-0.1, -0.05) is 14.0 Å². The molecule has 0 atom stereocenters. The largest absolute Gasteiger partial charge is 0.339 e. The molecule has 0 unspecified atom stereocenters. The van der Waals surface area contributed by atoms with Crippen molar-refractivity contribution in [3.8, 4) is 11.3 Å². The predicted molar refractivity (Wildman–Crippen MR) is 104 cm³/mol. The summed E-state index contributed by atoms with van der Waals surface area (Å²) in [4.78, 5) is 16.7. The van der Waals surface area contributed by atoms with Crippen molar-refractivity contribution in [2.75, 3.05) is 18.6 Å². The maximum absolute atomic E-state index is 5.90. The van der Waals surface area contributed by atoms with E-state index in [0.717, 1.165) is 21.4 Å². The Morgan fingerprint density at radius 3 is 2.67 bits per heavy atom. The number of hydrogen-bond donors (Lipinski definition) is 1. The predicted octanol–water partition coefficient (Wildman–Crippen LogP) is 4.46. The zero-order chi connectivity index (χ0) is 17.1. The van der Waals surface area contributed by atoms with Crippen molar-refractivity contribution >= 4 is 52.3 Å². The van der Waals surface area contributed by atoms with E-state index in [4.69, 9.17) is 11.6 Å². The van der Waals surface area contributed by atoms with Crippen LogP contribution in [0.2, 0.25) is 5.28 Å². The third kappa shape index (κ3) is 3.89. The molecule has 122 valence electrons. The summed E-state index contributed by atoms with van der Waals surface area (Å²) in [5.41, 5.74) is 2.89. The molecule has 0 spiro atoms. The van der Waals surface area contributed by atoms with Crippen LogP contribution in [-0.2, 0) is 0 Å². The first-order valence-electron chi connectivity index (χ1n) is 7.07. The number of benzene rings is 1. The van der Waals surface area contributed by atoms with Crippen molar-refractivity contribution in [2.45, 2.75) is 0 Å². The van der Waals surface area contributed by atoms with Crippen LogP contribution in [-0.4, -0.2) is 33.3 Å². The molecule has 0 saturated carbocycles. The lowest BCUT2D eigenvalue weighted by molar-refractivity contribution is 1.15. The van der Waals surface area contributed by atoms with E-state index in [1.807, 2.05) is 12.1 Å². The molecule has 24 heavy (non-hydrogen) atoms. The Morgan fingerprint density at radius 2 is 1.96 bits per heavy atom. The van der Waals surface area contributed by atoms with Gasteiger partial charge < -0.3 is 5.32 Å². The van der Waals surface area contributed by atoms with Crippen molar-refractivity contribution in [3.63, 3.8) is 0 Å². The molecule has 3 rings (SSSR count). The van der Waals surface area contributed by atoms with Crippen LogP contribution in [0.1, 0.15) is 0 Å². The van der Waals surface area contributed by atoms with Gasteiger partial charge in [0.25, 0.3) is 0 Å². The summed E-state index contributed by atoms with van der Waals surface area (Å²) < 4.78 is 0.757. The maximum Gasteiger partial charge on any atom is 0.224 e. The third-order valence-electron chi connectivity index (χ3n) is 3.31. The van der Waals surface area contributed by atoms with Gasteiger partial charge in [0.1, 0.15) is 5.82 Å². The molecular formula is C16H14BrClN5P. The summed E-state index contributed by atoms with van der Waals surface area (Å²) in [6.45, 7) is 4.41. The van der Waals surface area contributed by atoms with Crippen molar-refractivity contribution < 1.29 is 0 Å². The summed E-state index contributed by atoms with van der Waals surface area (Å²) in [5, 5.41) is 4.76. The number of nitrogens with zero attached hydrogens (tertiary/aromatic N) is 4. The van der Waals surface area contributed by atoms with Crippen LogP contribution in [0.25, 0.3) is 11.3 Å². The molecule has 1 aromatic carbocycles. The minimum Gasteiger partial charge on any atom is -0.339 e. The van der Waals surface area contributed by atoms with E-state index in [2.05, 4.69) is 60.6 Å². The van der Waals surface area contributed by atoms with Gasteiger partial charge in [0.2, 0.25) is 5.28 Å². The monoisotopic (exact) mass is 421 g/mol. The zero-order valence-corrected chi connectivity index (χ0v) is 16.3. The van der Waals surface area contributed by atoms with Gasteiger partial charge in [0.05, 0.1) is 16.4 Å². The average Bonchev–Trinajstić information content (AvgIpc) is 2.59. The molecule has 2 aromatic heterocycles. The lowest BCUT2D eigenvalue weighted by atomic mass is 10.1. The van der Waals surface area contributed by atoms with E-state index in [1.54, 1.807) is 24.8 Å². The van der Waals surface area contributed by atoms with Crippen LogP contribution in [0.4, 0.5) is 11.5 Å². The van der Waals surface area contributed by atoms with Gasteiger partial charge in [0, 0.05) is 29.8 Å². The number of hydrogen-bond acceptors (Lipinski definition) is 5.